The van der Waals surface area contributed by atoms with Gasteiger partial charge in [0.25, 0.3) is 0 Å². The minimum absolute atomic E-state index is 0.213. The van der Waals surface area contributed by atoms with Crippen molar-refractivity contribution < 1.29 is 28.2 Å². The van der Waals surface area contributed by atoms with Gasteiger partial charge in [-0.2, -0.15) is 0 Å². The van der Waals surface area contributed by atoms with E-state index in [0.717, 1.165) is 0 Å². The second-order valence-electron chi connectivity index (χ2n) is 7.72. The van der Waals surface area contributed by atoms with E-state index >= 15 is 0 Å². The molecule has 0 N–H and O–H groups in total. The number of rotatable bonds is 8. The standard InChI is InChI=1S/C18H34O6Si/c1-11(2)25(12(3)4,13(5)6)22-10-16-18(24-15(8)20)17(9-21-16)23-14(7)19/h11-13,16-18H,9-10H2,1-8H3. The fraction of sp³-hybridized carbons (Fsp3) is 0.889. The smallest absolute Gasteiger partial charge is 0.303 e. The zero-order chi connectivity index (χ0) is 19.4. The van der Waals surface area contributed by atoms with Crippen LogP contribution < -0.4 is 0 Å². The molecule has 0 radical (unpaired) electrons. The van der Waals surface area contributed by atoms with Crippen molar-refractivity contribution in [2.45, 2.75) is 90.3 Å². The van der Waals surface area contributed by atoms with Crippen molar-refractivity contribution in [1.82, 2.24) is 0 Å². The Morgan fingerprint density at radius 3 is 1.84 bits per heavy atom. The van der Waals surface area contributed by atoms with E-state index in [0.29, 0.717) is 23.2 Å². The summed E-state index contributed by atoms with van der Waals surface area (Å²) in [6.45, 7) is 16.5. The summed E-state index contributed by atoms with van der Waals surface area (Å²) in [5, 5.41) is 0. The van der Waals surface area contributed by atoms with Crippen LogP contribution in [0.1, 0.15) is 55.4 Å². The largest absolute Gasteiger partial charge is 0.456 e. The maximum atomic E-state index is 11.5. The first kappa shape index (κ1) is 22.1. The van der Waals surface area contributed by atoms with Crippen LogP contribution in [-0.4, -0.2) is 51.8 Å². The van der Waals surface area contributed by atoms with Crippen molar-refractivity contribution in [2.75, 3.05) is 13.2 Å². The second-order valence-corrected chi connectivity index (χ2v) is 13.2. The SMILES string of the molecule is CC(=O)OC1COC(CO[Si](C(C)C)(C(C)C)C(C)C)C1OC(C)=O. The molecule has 6 nitrogen and oxygen atoms in total. The molecule has 0 aromatic heterocycles. The third kappa shape index (κ3) is 5.28. The molecular weight excluding hydrogens is 340 g/mol. The lowest BCUT2D eigenvalue weighted by Gasteiger charge is -2.43. The molecule has 0 spiro atoms. The molecule has 0 bridgehead atoms. The normalized spacial score (nSPS) is 24.2. The van der Waals surface area contributed by atoms with Gasteiger partial charge in [-0.25, -0.2) is 0 Å². The van der Waals surface area contributed by atoms with Gasteiger partial charge in [0.05, 0.1) is 13.2 Å². The van der Waals surface area contributed by atoms with Gasteiger partial charge in [-0.15, -0.1) is 0 Å². The summed E-state index contributed by atoms with van der Waals surface area (Å²) in [6, 6.07) is 0. The van der Waals surface area contributed by atoms with E-state index in [1.54, 1.807) is 0 Å². The number of carbonyl (C=O) groups excluding carboxylic acids is 2. The molecule has 0 saturated carbocycles. The summed E-state index contributed by atoms with van der Waals surface area (Å²) in [5.74, 6) is -0.833. The molecule has 7 heteroatoms. The summed E-state index contributed by atoms with van der Waals surface area (Å²) < 4.78 is 22.9. The molecule has 3 unspecified atom stereocenters. The first-order valence-corrected chi connectivity index (χ1v) is 11.3. The molecule has 1 rings (SSSR count). The van der Waals surface area contributed by atoms with Gasteiger partial charge in [-0.3, -0.25) is 9.59 Å². The fourth-order valence-corrected chi connectivity index (χ4v) is 9.63. The van der Waals surface area contributed by atoms with E-state index in [9.17, 15) is 9.59 Å². The van der Waals surface area contributed by atoms with Crippen LogP contribution in [0.5, 0.6) is 0 Å². The quantitative estimate of drug-likeness (QED) is 0.479. The predicted octanol–water partition coefficient (Wildman–Crippen LogP) is 3.44. The maximum Gasteiger partial charge on any atom is 0.303 e. The summed E-state index contributed by atoms with van der Waals surface area (Å²) >= 11 is 0. The Morgan fingerprint density at radius 1 is 0.960 bits per heavy atom. The van der Waals surface area contributed by atoms with Gasteiger partial charge < -0.3 is 18.6 Å². The number of carbonyl (C=O) groups is 2. The molecule has 1 fully saturated rings. The number of esters is 2. The highest BCUT2D eigenvalue weighted by Crippen LogP contribution is 2.42. The Labute approximate surface area is 152 Å². The Balaban J connectivity index is 2.91. The molecule has 1 aliphatic heterocycles. The van der Waals surface area contributed by atoms with E-state index in [4.69, 9.17) is 18.6 Å². The molecule has 3 atom stereocenters. The molecule has 0 aliphatic carbocycles. The van der Waals surface area contributed by atoms with Gasteiger partial charge in [0, 0.05) is 13.8 Å². The summed E-state index contributed by atoms with van der Waals surface area (Å²) in [6.07, 6.45) is -1.63. The van der Waals surface area contributed by atoms with Crippen LogP contribution in [0.3, 0.4) is 0 Å². The van der Waals surface area contributed by atoms with Crippen LogP contribution in [0.15, 0.2) is 0 Å². The number of ether oxygens (including phenoxy) is 3. The van der Waals surface area contributed by atoms with Gasteiger partial charge in [-0.05, 0) is 16.6 Å². The van der Waals surface area contributed by atoms with Crippen molar-refractivity contribution in [3.63, 3.8) is 0 Å². The van der Waals surface area contributed by atoms with Crippen LogP contribution in [0.25, 0.3) is 0 Å². The molecule has 25 heavy (non-hydrogen) atoms. The number of hydrogen-bond donors (Lipinski definition) is 0. The molecule has 0 aromatic rings. The first-order chi connectivity index (χ1) is 11.5. The minimum atomic E-state index is -2.05. The zero-order valence-corrected chi connectivity index (χ0v) is 17.8. The number of hydrogen-bond acceptors (Lipinski definition) is 6. The van der Waals surface area contributed by atoms with E-state index < -0.39 is 38.6 Å². The Kier molecular flexibility index (Phi) is 8.09. The lowest BCUT2D eigenvalue weighted by atomic mass is 10.1. The van der Waals surface area contributed by atoms with E-state index in [2.05, 4.69) is 41.5 Å². The van der Waals surface area contributed by atoms with Crippen LogP contribution in [-0.2, 0) is 28.2 Å². The Bertz CT molecular complexity index is 441. The third-order valence-corrected chi connectivity index (χ3v) is 11.1. The topological polar surface area (TPSA) is 71.1 Å². The van der Waals surface area contributed by atoms with Crippen molar-refractivity contribution in [1.29, 1.82) is 0 Å². The average molecular weight is 375 g/mol. The molecule has 1 saturated heterocycles. The third-order valence-electron chi connectivity index (χ3n) is 5.03. The lowest BCUT2D eigenvalue weighted by Crippen LogP contribution is -2.50. The molecule has 1 heterocycles. The molecule has 146 valence electrons. The highest BCUT2D eigenvalue weighted by Gasteiger charge is 2.48. The summed E-state index contributed by atoms with van der Waals surface area (Å²) in [5.41, 5.74) is 1.35. The first-order valence-electron chi connectivity index (χ1n) is 9.12. The fourth-order valence-electron chi connectivity index (χ4n) is 4.17. The molecule has 0 amide bonds. The summed E-state index contributed by atoms with van der Waals surface area (Å²) in [7, 11) is -2.05. The van der Waals surface area contributed by atoms with Gasteiger partial charge in [0.1, 0.15) is 6.10 Å². The molecular formula is C18H34O6Si. The Morgan fingerprint density at radius 2 is 1.44 bits per heavy atom. The van der Waals surface area contributed by atoms with Crippen LogP contribution in [0.4, 0.5) is 0 Å². The van der Waals surface area contributed by atoms with E-state index in [-0.39, 0.29) is 6.61 Å². The van der Waals surface area contributed by atoms with Gasteiger partial charge >= 0.3 is 11.9 Å². The lowest BCUT2D eigenvalue weighted by molar-refractivity contribution is -0.163. The van der Waals surface area contributed by atoms with E-state index in [1.165, 1.54) is 13.8 Å². The highest BCUT2D eigenvalue weighted by atomic mass is 28.4. The Hall–Kier alpha value is -0.923. The minimum Gasteiger partial charge on any atom is -0.456 e. The van der Waals surface area contributed by atoms with Crippen molar-refractivity contribution in [3.8, 4) is 0 Å². The second kappa shape index (κ2) is 9.14. The molecule has 1 aliphatic rings. The monoisotopic (exact) mass is 374 g/mol. The van der Waals surface area contributed by atoms with Gasteiger partial charge in [-0.1, -0.05) is 41.5 Å². The van der Waals surface area contributed by atoms with Gasteiger partial charge in [0.2, 0.25) is 0 Å². The van der Waals surface area contributed by atoms with Crippen LogP contribution in [0, 0.1) is 0 Å². The van der Waals surface area contributed by atoms with Crippen LogP contribution in [0.2, 0.25) is 16.6 Å². The highest BCUT2D eigenvalue weighted by molar-refractivity contribution is 6.77. The van der Waals surface area contributed by atoms with Crippen molar-refractivity contribution >= 4 is 20.3 Å². The van der Waals surface area contributed by atoms with Gasteiger partial charge in [0.15, 0.2) is 20.5 Å². The van der Waals surface area contributed by atoms with Crippen molar-refractivity contribution in [2.24, 2.45) is 0 Å². The zero-order valence-electron chi connectivity index (χ0n) is 16.8. The predicted molar refractivity (Wildman–Crippen MR) is 97.8 cm³/mol. The van der Waals surface area contributed by atoms with E-state index in [1.807, 2.05) is 0 Å². The average Bonchev–Trinajstić information content (AvgIpc) is 2.79. The van der Waals surface area contributed by atoms with Crippen LogP contribution >= 0.6 is 0 Å². The molecule has 0 aromatic carbocycles. The van der Waals surface area contributed by atoms with Crippen molar-refractivity contribution in [3.05, 3.63) is 0 Å². The maximum absolute atomic E-state index is 11.5. The summed E-state index contributed by atoms with van der Waals surface area (Å²) in [4.78, 5) is 22.7.